The third-order valence-corrected chi connectivity index (χ3v) is 7.09. The van der Waals surface area contributed by atoms with Crippen LogP contribution in [0, 0.1) is 17.3 Å². The molecule has 1 aromatic rings. The van der Waals surface area contributed by atoms with Crippen LogP contribution in [0.15, 0.2) is 24.3 Å². The largest absolute Gasteiger partial charge is 0.508 e. The predicted molar refractivity (Wildman–Crippen MR) is 88.7 cm³/mol. The Balaban J connectivity index is 1.37. The maximum Gasteiger partial charge on any atom is 0.174 e. The molecule has 4 aliphatic rings. The average Bonchev–Trinajstić information content (AvgIpc) is 3.04. The smallest absolute Gasteiger partial charge is 0.174 e. The average molecular weight is 330 g/mol. The summed E-state index contributed by atoms with van der Waals surface area (Å²) in [5.41, 5.74) is 1.28. The van der Waals surface area contributed by atoms with Gasteiger partial charge in [0.25, 0.3) is 0 Å². The molecule has 0 amide bonds. The topological polar surface area (TPSA) is 51.2 Å². The van der Waals surface area contributed by atoms with E-state index in [1.807, 2.05) is 12.1 Å². The fourth-order valence-corrected chi connectivity index (χ4v) is 5.91. The fraction of sp³-hybridized carbons (Fsp3) is 0.700. The zero-order chi connectivity index (χ0) is 16.4. The molecule has 4 heteroatoms. The Hall–Kier alpha value is -1.10. The molecule has 2 saturated carbocycles. The summed E-state index contributed by atoms with van der Waals surface area (Å²) >= 11 is 0. The highest BCUT2D eigenvalue weighted by atomic mass is 16.7. The Labute approximate surface area is 143 Å². The lowest BCUT2D eigenvalue weighted by atomic mass is 9.61. The van der Waals surface area contributed by atoms with E-state index in [1.165, 1.54) is 12.0 Å². The van der Waals surface area contributed by atoms with Crippen LogP contribution in [0.3, 0.4) is 0 Å². The highest BCUT2D eigenvalue weighted by molar-refractivity contribution is 5.27. The fourth-order valence-electron chi connectivity index (χ4n) is 5.91. The van der Waals surface area contributed by atoms with Gasteiger partial charge in [0, 0.05) is 11.8 Å². The molecule has 0 aromatic heterocycles. The predicted octanol–water partition coefficient (Wildman–Crippen LogP) is 3.27. The molecule has 2 aliphatic heterocycles. The van der Waals surface area contributed by atoms with Crippen LogP contribution in [-0.4, -0.2) is 36.3 Å². The molecule has 5 rings (SSSR count). The highest BCUT2D eigenvalue weighted by Crippen LogP contribution is 2.66. The Morgan fingerprint density at radius 1 is 1.25 bits per heavy atom. The van der Waals surface area contributed by atoms with Crippen LogP contribution in [-0.2, 0) is 20.6 Å². The van der Waals surface area contributed by atoms with E-state index in [2.05, 4.69) is 13.0 Å². The number of benzene rings is 1. The van der Waals surface area contributed by atoms with Crippen molar-refractivity contribution in [2.45, 2.75) is 57.0 Å². The highest BCUT2D eigenvalue weighted by Gasteiger charge is 2.70. The number of aromatic hydroxyl groups is 1. The molecule has 1 spiro atoms. The molecule has 1 N–H and O–H groups in total. The van der Waals surface area contributed by atoms with E-state index in [4.69, 9.17) is 14.2 Å². The number of phenols is 1. The summed E-state index contributed by atoms with van der Waals surface area (Å²) in [7, 11) is 0. The number of hydrogen-bond donors (Lipinski definition) is 1. The monoisotopic (exact) mass is 330 g/mol. The minimum absolute atomic E-state index is 0.0741. The van der Waals surface area contributed by atoms with Gasteiger partial charge in [-0.3, -0.25) is 0 Å². The first kappa shape index (κ1) is 15.2. The van der Waals surface area contributed by atoms with Gasteiger partial charge in [0.1, 0.15) is 5.75 Å². The van der Waals surface area contributed by atoms with Crippen molar-refractivity contribution in [1.29, 1.82) is 0 Å². The standard InChI is InChI=1S/C20H26O4/c1-19-12-17-18(24-17)15(6-5-13-3-2-4-14(21)11-13)16(19)7-8-20(19)22-9-10-23-20/h2-4,11,15-18,21H,5-10,12H2,1H3/t15-,16-,17?,18?,19-/m0/s1. The number of hydrogen-bond acceptors (Lipinski definition) is 4. The zero-order valence-corrected chi connectivity index (χ0v) is 14.2. The zero-order valence-electron chi connectivity index (χ0n) is 14.2. The van der Waals surface area contributed by atoms with Crippen molar-refractivity contribution in [2.75, 3.05) is 13.2 Å². The van der Waals surface area contributed by atoms with E-state index in [0.717, 1.165) is 38.9 Å². The summed E-state index contributed by atoms with van der Waals surface area (Å²) in [4.78, 5) is 0. The molecule has 2 heterocycles. The van der Waals surface area contributed by atoms with E-state index in [-0.39, 0.29) is 11.2 Å². The maximum absolute atomic E-state index is 9.68. The van der Waals surface area contributed by atoms with Gasteiger partial charge < -0.3 is 19.3 Å². The summed E-state index contributed by atoms with van der Waals surface area (Å²) < 4.78 is 18.4. The lowest BCUT2D eigenvalue weighted by Gasteiger charge is -2.46. The summed E-state index contributed by atoms with van der Waals surface area (Å²) in [5, 5.41) is 9.68. The molecule has 2 aliphatic carbocycles. The maximum atomic E-state index is 9.68. The Bertz CT molecular complexity index is 638. The number of fused-ring (bicyclic) bond motifs is 3. The van der Waals surface area contributed by atoms with Gasteiger partial charge in [-0.1, -0.05) is 19.1 Å². The van der Waals surface area contributed by atoms with Gasteiger partial charge in [-0.25, -0.2) is 0 Å². The van der Waals surface area contributed by atoms with Gasteiger partial charge in [-0.15, -0.1) is 0 Å². The van der Waals surface area contributed by atoms with Crippen LogP contribution in [0.25, 0.3) is 0 Å². The van der Waals surface area contributed by atoms with Crippen molar-refractivity contribution in [3.8, 4) is 5.75 Å². The number of phenolic OH excluding ortho intramolecular Hbond substituents is 1. The van der Waals surface area contributed by atoms with Crippen molar-refractivity contribution in [2.24, 2.45) is 17.3 Å². The van der Waals surface area contributed by atoms with Gasteiger partial charge in [-0.05, 0) is 55.2 Å². The lowest BCUT2D eigenvalue weighted by Crippen LogP contribution is -2.51. The molecule has 24 heavy (non-hydrogen) atoms. The Morgan fingerprint density at radius 2 is 2.08 bits per heavy atom. The second-order valence-corrected chi connectivity index (χ2v) is 8.23. The number of ether oxygens (including phenoxy) is 3. The molecule has 4 nitrogen and oxygen atoms in total. The van der Waals surface area contributed by atoms with E-state index >= 15 is 0 Å². The van der Waals surface area contributed by atoms with Crippen LogP contribution in [0.2, 0.25) is 0 Å². The van der Waals surface area contributed by atoms with Gasteiger partial charge in [0.05, 0.1) is 25.4 Å². The van der Waals surface area contributed by atoms with Gasteiger partial charge in [0.2, 0.25) is 0 Å². The molecule has 130 valence electrons. The van der Waals surface area contributed by atoms with Crippen molar-refractivity contribution in [3.05, 3.63) is 29.8 Å². The molecular weight excluding hydrogens is 304 g/mol. The second kappa shape index (κ2) is 5.20. The number of rotatable bonds is 3. The minimum Gasteiger partial charge on any atom is -0.508 e. The first-order chi connectivity index (χ1) is 11.6. The van der Waals surface area contributed by atoms with Crippen LogP contribution in [0.5, 0.6) is 5.75 Å². The lowest BCUT2D eigenvalue weighted by molar-refractivity contribution is -0.233. The van der Waals surface area contributed by atoms with E-state index in [0.29, 0.717) is 29.8 Å². The Morgan fingerprint density at radius 3 is 2.88 bits per heavy atom. The SMILES string of the molecule is C[C@]12CC3OC3[C@@H](CCc3cccc(O)c3)[C@@H]1CCC21OCCO1. The summed E-state index contributed by atoms with van der Waals surface area (Å²) in [6.45, 7) is 3.83. The van der Waals surface area contributed by atoms with Crippen molar-refractivity contribution >= 4 is 0 Å². The third-order valence-electron chi connectivity index (χ3n) is 7.09. The Kier molecular flexibility index (Phi) is 3.29. The normalized spacial score (nSPS) is 42.0. The van der Waals surface area contributed by atoms with Gasteiger partial charge >= 0.3 is 0 Å². The molecule has 0 radical (unpaired) electrons. The number of epoxide rings is 1. The van der Waals surface area contributed by atoms with E-state index < -0.39 is 0 Å². The molecule has 5 atom stereocenters. The molecule has 4 fully saturated rings. The van der Waals surface area contributed by atoms with Gasteiger partial charge in [0.15, 0.2) is 5.79 Å². The summed E-state index contributed by atoms with van der Waals surface area (Å²) in [6.07, 6.45) is 6.20. The van der Waals surface area contributed by atoms with Crippen molar-refractivity contribution in [3.63, 3.8) is 0 Å². The first-order valence-electron chi connectivity index (χ1n) is 9.33. The summed E-state index contributed by atoms with van der Waals surface area (Å²) in [6, 6.07) is 7.65. The van der Waals surface area contributed by atoms with Crippen LogP contribution in [0.4, 0.5) is 0 Å². The number of aryl methyl sites for hydroxylation is 1. The van der Waals surface area contributed by atoms with Crippen molar-refractivity contribution < 1.29 is 19.3 Å². The van der Waals surface area contributed by atoms with E-state index in [9.17, 15) is 5.11 Å². The van der Waals surface area contributed by atoms with Crippen LogP contribution >= 0.6 is 0 Å². The molecule has 1 aromatic carbocycles. The van der Waals surface area contributed by atoms with Crippen molar-refractivity contribution in [1.82, 2.24) is 0 Å². The molecule has 0 bridgehead atoms. The second-order valence-electron chi connectivity index (χ2n) is 8.23. The molecular formula is C20H26O4. The third kappa shape index (κ3) is 2.09. The quantitative estimate of drug-likeness (QED) is 0.864. The molecule has 2 unspecified atom stereocenters. The summed E-state index contributed by atoms with van der Waals surface area (Å²) in [5.74, 6) is 1.17. The van der Waals surface area contributed by atoms with Crippen LogP contribution < -0.4 is 0 Å². The minimum atomic E-state index is -0.363. The van der Waals surface area contributed by atoms with E-state index in [1.54, 1.807) is 6.07 Å². The molecule has 2 saturated heterocycles. The van der Waals surface area contributed by atoms with Gasteiger partial charge in [-0.2, -0.15) is 0 Å². The van der Waals surface area contributed by atoms with Crippen LogP contribution in [0.1, 0.15) is 38.2 Å². The first-order valence-corrected chi connectivity index (χ1v) is 9.33.